The predicted octanol–water partition coefficient (Wildman–Crippen LogP) is 21.5. The molecule has 0 rings (SSSR count). The molecule has 0 aliphatic carbocycles. The minimum Gasteiger partial charge on any atom is -0.462 e. The monoisotopic (exact) mass is 1000 g/mol. The normalized spacial score (nSPS) is 12.7. The number of rotatable bonds is 58. The van der Waals surface area contributed by atoms with Gasteiger partial charge in [0.05, 0.1) is 6.61 Å². The number of unbranched alkanes of at least 4 members (excludes halogenated alkanes) is 38. The van der Waals surface area contributed by atoms with Crippen LogP contribution in [0.1, 0.15) is 322 Å². The highest BCUT2D eigenvalue weighted by Crippen LogP contribution is 2.17. The Morgan fingerprint density at radius 2 is 0.556 bits per heavy atom. The molecule has 0 saturated heterocycles. The van der Waals surface area contributed by atoms with Gasteiger partial charge < -0.3 is 14.6 Å². The Balaban J connectivity index is 3.47. The second-order valence-corrected chi connectivity index (χ2v) is 21.1. The predicted molar refractivity (Wildman–Crippen MR) is 316 cm³/mol. The minimum absolute atomic E-state index is 0.0661. The van der Waals surface area contributed by atoms with Crippen LogP contribution in [0.2, 0.25) is 0 Å². The Morgan fingerprint density at radius 1 is 0.319 bits per heavy atom. The number of allylic oxidation sites excluding steroid dienone is 12. The zero-order valence-corrected chi connectivity index (χ0v) is 47.9. The van der Waals surface area contributed by atoms with Gasteiger partial charge in [0.1, 0.15) is 6.61 Å². The SMILES string of the molecule is CCCCCCC/C=C\C/C=C\C/C=C\CCCCCCCCCCCCCCCCC(=O)OCC(CO)OC(=O)CCCCCCCCCCCCCCCC/C=C\C/C=C\C/C=C\CCCCCCC. The zero-order chi connectivity index (χ0) is 52.0. The molecule has 0 amide bonds. The fraction of sp³-hybridized carbons (Fsp3) is 0.791. The average Bonchev–Trinajstić information content (AvgIpc) is 3.38. The Morgan fingerprint density at radius 3 is 0.833 bits per heavy atom. The Kier molecular flexibility index (Phi) is 60.3. The maximum absolute atomic E-state index is 12.3. The van der Waals surface area contributed by atoms with Gasteiger partial charge in [0.25, 0.3) is 0 Å². The Bertz CT molecular complexity index is 1270. The van der Waals surface area contributed by atoms with Crippen LogP contribution in [0.15, 0.2) is 72.9 Å². The van der Waals surface area contributed by atoms with Crippen LogP contribution in [0, 0.1) is 0 Å². The number of aliphatic hydroxyl groups excluding tert-OH is 1. The number of aliphatic hydroxyl groups is 1. The molecule has 0 aromatic carbocycles. The molecule has 0 bridgehead atoms. The first kappa shape index (κ1) is 69.3. The van der Waals surface area contributed by atoms with Crippen molar-refractivity contribution in [2.75, 3.05) is 13.2 Å². The highest BCUT2D eigenvalue weighted by Gasteiger charge is 2.16. The van der Waals surface area contributed by atoms with Crippen LogP contribution in [-0.2, 0) is 19.1 Å². The molecule has 0 aliphatic rings. The fourth-order valence-corrected chi connectivity index (χ4v) is 9.22. The molecule has 5 heteroatoms. The third-order valence-corrected chi connectivity index (χ3v) is 14.0. The maximum Gasteiger partial charge on any atom is 0.306 e. The first-order valence-corrected chi connectivity index (χ1v) is 31.5. The lowest BCUT2D eigenvalue weighted by molar-refractivity contribution is -0.161. The summed E-state index contributed by atoms with van der Waals surface area (Å²) in [6.45, 7) is 4.15. The lowest BCUT2D eigenvalue weighted by atomic mass is 10.0. The largest absolute Gasteiger partial charge is 0.462 e. The van der Waals surface area contributed by atoms with Crippen molar-refractivity contribution >= 4 is 11.9 Å². The molecule has 0 fully saturated rings. The van der Waals surface area contributed by atoms with E-state index >= 15 is 0 Å². The zero-order valence-electron chi connectivity index (χ0n) is 47.9. The summed E-state index contributed by atoms with van der Waals surface area (Å²) in [6.07, 6.45) is 86.1. The minimum atomic E-state index is -0.776. The summed E-state index contributed by atoms with van der Waals surface area (Å²) in [7, 11) is 0. The molecule has 0 aromatic rings. The molecule has 1 N–H and O–H groups in total. The number of hydrogen-bond acceptors (Lipinski definition) is 5. The van der Waals surface area contributed by atoms with E-state index < -0.39 is 6.10 Å². The van der Waals surface area contributed by atoms with Crippen LogP contribution >= 0.6 is 0 Å². The summed E-state index contributed by atoms with van der Waals surface area (Å²) < 4.78 is 10.7. The summed E-state index contributed by atoms with van der Waals surface area (Å²) in [5.41, 5.74) is 0. The number of esters is 2. The number of hydrogen-bond donors (Lipinski definition) is 1. The van der Waals surface area contributed by atoms with Gasteiger partial charge >= 0.3 is 11.9 Å². The number of ether oxygens (including phenoxy) is 2. The van der Waals surface area contributed by atoms with E-state index in [1.165, 1.54) is 231 Å². The van der Waals surface area contributed by atoms with E-state index in [-0.39, 0.29) is 25.2 Å². The number of carbonyl (C=O) groups is 2. The quantitative estimate of drug-likeness (QED) is 0.0373. The van der Waals surface area contributed by atoms with E-state index in [2.05, 4.69) is 86.8 Å². The van der Waals surface area contributed by atoms with Gasteiger partial charge in [-0.25, -0.2) is 0 Å². The van der Waals surface area contributed by atoms with Gasteiger partial charge in [0.2, 0.25) is 0 Å². The summed E-state index contributed by atoms with van der Waals surface area (Å²) in [4.78, 5) is 24.6. The second-order valence-electron chi connectivity index (χ2n) is 21.1. The van der Waals surface area contributed by atoms with Gasteiger partial charge in [-0.1, -0.05) is 292 Å². The molecule has 0 saturated carbocycles. The Labute approximate surface area is 448 Å². The molecule has 1 atom stereocenters. The van der Waals surface area contributed by atoms with Gasteiger partial charge in [0.15, 0.2) is 6.10 Å². The molecule has 1 unspecified atom stereocenters. The summed E-state index contributed by atoms with van der Waals surface area (Å²) in [5.74, 6) is -0.581. The van der Waals surface area contributed by atoms with E-state index in [0.717, 1.165) is 64.2 Å². The van der Waals surface area contributed by atoms with Gasteiger partial charge in [-0.2, -0.15) is 0 Å². The number of carbonyl (C=O) groups excluding carboxylic acids is 2. The van der Waals surface area contributed by atoms with E-state index in [1.807, 2.05) is 0 Å². The first-order chi connectivity index (χ1) is 35.6. The van der Waals surface area contributed by atoms with Crippen LogP contribution in [0.4, 0.5) is 0 Å². The van der Waals surface area contributed by atoms with Gasteiger partial charge in [-0.3, -0.25) is 9.59 Å². The van der Waals surface area contributed by atoms with Crippen LogP contribution in [0.5, 0.6) is 0 Å². The average molecular weight is 1010 g/mol. The molecular weight excluding hydrogens is 885 g/mol. The van der Waals surface area contributed by atoms with Gasteiger partial charge in [0, 0.05) is 12.8 Å². The summed E-state index contributed by atoms with van der Waals surface area (Å²) in [6, 6.07) is 0. The van der Waals surface area contributed by atoms with Crippen LogP contribution < -0.4 is 0 Å². The third-order valence-electron chi connectivity index (χ3n) is 14.0. The highest BCUT2D eigenvalue weighted by atomic mass is 16.6. The molecule has 0 aromatic heterocycles. The molecule has 0 aliphatic heterocycles. The van der Waals surface area contributed by atoms with Crippen LogP contribution in [0.25, 0.3) is 0 Å². The molecule has 5 nitrogen and oxygen atoms in total. The van der Waals surface area contributed by atoms with Gasteiger partial charge in [-0.05, 0) is 89.9 Å². The lowest BCUT2D eigenvalue weighted by Gasteiger charge is -2.15. The van der Waals surface area contributed by atoms with E-state index in [0.29, 0.717) is 12.8 Å². The smallest absolute Gasteiger partial charge is 0.306 e. The van der Waals surface area contributed by atoms with Gasteiger partial charge in [-0.15, -0.1) is 0 Å². The molecule has 418 valence electrons. The van der Waals surface area contributed by atoms with Crippen molar-refractivity contribution in [2.24, 2.45) is 0 Å². The lowest BCUT2D eigenvalue weighted by Crippen LogP contribution is -2.28. The molecule has 0 radical (unpaired) electrons. The fourth-order valence-electron chi connectivity index (χ4n) is 9.22. The molecule has 0 spiro atoms. The second kappa shape index (κ2) is 62.6. The third kappa shape index (κ3) is 59.9. The van der Waals surface area contributed by atoms with Crippen molar-refractivity contribution < 1.29 is 24.2 Å². The maximum atomic E-state index is 12.3. The Hall–Kier alpha value is -2.66. The van der Waals surface area contributed by atoms with E-state index in [4.69, 9.17) is 9.47 Å². The van der Waals surface area contributed by atoms with Crippen molar-refractivity contribution in [3.8, 4) is 0 Å². The molecular formula is C67H120O5. The standard InChI is InChI=1S/C67H120O5/c1-3-5-7-9-11-13-15-17-19-21-23-25-27-29-31-33-35-37-39-41-43-45-47-49-51-53-55-57-59-61-66(69)71-64-65(63-68)72-67(70)62-60-58-56-54-52-50-48-46-44-42-40-38-36-34-32-30-28-26-24-22-20-18-16-14-12-10-8-6-4-2/h15-18,21-24,27-30,65,68H,3-14,19-20,25-26,31-64H2,1-2H3/b17-15-,18-16-,23-21-,24-22-,29-27-,30-28-. The topological polar surface area (TPSA) is 72.8 Å². The van der Waals surface area contributed by atoms with E-state index in [1.54, 1.807) is 0 Å². The van der Waals surface area contributed by atoms with Crippen molar-refractivity contribution in [3.63, 3.8) is 0 Å². The molecule has 0 heterocycles. The first-order valence-electron chi connectivity index (χ1n) is 31.5. The van der Waals surface area contributed by atoms with Crippen molar-refractivity contribution in [3.05, 3.63) is 72.9 Å². The van der Waals surface area contributed by atoms with Crippen molar-refractivity contribution in [2.45, 2.75) is 328 Å². The van der Waals surface area contributed by atoms with Crippen molar-refractivity contribution in [1.82, 2.24) is 0 Å². The van der Waals surface area contributed by atoms with Crippen molar-refractivity contribution in [1.29, 1.82) is 0 Å². The van der Waals surface area contributed by atoms with E-state index in [9.17, 15) is 14.7 Å². The van der Waals surface area contributed by atoms with Crippen LogP contribution in [-0.4, -0.2) is 36.4 Å². The summed E-state index contributed by atoms with van der Waals surface area (Å²) >= 11 is 0. The molecule has 72 heavy (non-hydrogen) atoms. The van der Waals surface area contributed by atoms with Crippen LogP contribution in [0.3, 0.4) is 0 Å². The summed E-state index contributed by atoms with van der Waals surface area (Å²) in [5, 5.41) is 9.68. The highest BCUT2D eigenvalue weighted by molar-refractivity contribution is 5.70.